The molecule has 1 heterocycles. The summed E-state index contributed by atoms with van der Waals surface area (Å²) in [7, 11) is 1.52. The molecule has 0 aliphatic heterocycles. The van der Waals surface area contributed by atoms with Gasteiger partial charge in [0.1, 0.15) is 5.75 Å². The molecule has 1 aromatic carbocycles. The van der Waals surface area contributed by atoms with Crippen molar-refractivity contribution in [2.75, 3.05) is 12.4 Å². The van der Waals surface area contributed by atoms with Crippen molar-refractivity contribution in [3.8, 4) is 5.75 Å². The molecule has 0 bridgehead atoms. The summed E-state index contributed by atoms with van der Waals surface area (Å²) in [6.45, 7) is 2.29. The van der Waals surface area contributed by atoms with Crippen LogP contribution in [0.3, 0.4) is 0 Å². The van der Waals surface area contributed by atoms with E-state index in [0.717, 1.165) is 11.8 Å². The number of benzene rings is 1. The molecule has 22 heavy (non-hydrogen) atoms. The number of carbonyl (C=O) groups is 2. The highest BCUT2D eigenvalue weighted by atomic mass is 35.5. The quantitative estimate of drug-likeness (QED) is 0.831. The maximum absolute atomic E-state index is 12.1. The fourth-order valence-electron chi connectivity index (χ4n) is 2.10. The Morgan fingerprint density at radius 1 is 1.45 bits per heavy atom. The smallest absolute Gasteiger partial charge is 0.226 e. The van der Waals surface area contributed by atoms with E-state index in [4.69, 9.17) is 16.3 Å². The molecule has 0 saturated carbocycles. The van der Waals surface area contributed by atoms with Crippen LogP contribution in [0.15, 0.2) is 30.5 Å². The molecule has 1 amide bonds. The summed E-state index contributed by atoms with van der Waals surface area (Å²) >= 11 is 6.03. The zero-order valence-corrected chi connectivity index (χ0v) is 13.2. The number of nitrogens with zero attached hydrogens (tertiary/aromatic N) is 1. The van der Waals surface area contributed by atoms with Gasteiger partial charge in [0.05, 0.1) is 18.5 Å². The fraction of sp³-hybridized carbons (Fsp3) is 0.250. The summed E-state index contributed by atoms with van der Waals surface area (Å²) in [5.74, 6) is 0.351. The van der Waals surface area contributed by atoms with E-state index >= 15 is 0 Å². The van der Waals surface area contributed by atoms with E-state index in [1.807, 2.05) is 6.92 Å². The number of anilines is 1. The number of amides is 1. The molecular weight excluding hydrogens is 304 g/mol. The molecule has 0 saturated heterocycles. The third kappa shape index (κ3) is 3.68. The van der Waals surface area contributed by atoms with Crippen LogP contribution >= 0.6 is 11.6 Å². The number of hydrogen-bond acceptors (Lipinski definition) is 3. The van der Waals surface area contributed by atoms with E-state index in [9.17, 15) is 9.59 Å². The number of aryl methyl sites for hydroxylation is 2. The molecule has 0 atom stereocenters. The van der Waals surface area contributed by atoms with Gasteiger partial charge in [-0.15, -0.1) is 0 Å². The minimum absolute atomic E-state index is 0.162. The van der Waals surface area contributed by atoms with Crippen molar-refractivity contribution in [2.45, 2.75) is 19.9 Å². The zero-order valence-electron chi connectivity index (χ0n) is 12.4. The van der Waals surface area contributed by atoms with Crippen LogP contribution in [0.5, 0.6) is 5.75 Å². The number of ether oxygens (including phenoxy) is 1. The predicted octanol–water partition coefficient (Wildman–Crippen LogP) is 3.30. The SMILES string of the molecule is COc1cc(Cl)c(C)cc1NC(=O)CCn1cccc1C=O. The minimum atomic E-state index is -0.162. The summed E-state index contributed by atoms with van der Waals surface area (Å²) in [6.07, 6.45) is 2.79. The Balaban J connectivity index is 2.03. The van der Waals surface area contributed by atoms with Crippen LogP contribution in [0.1, 0.15) is 22.5 Å². The summed E-state index contributed by atoms with van der Waals surface area (Å²) in [5, 5.41) is 3.39. The normalized spacial score (nSPS) is 10.3. The predicted molar refractivity (Wildman–Crippen MR) is 85.8 cm³/mol. The second-order valence-electron chi connectivity index (χ2n) is 4.84. The summed E-state index contributed by atoms with van der Waals surface area (Å²) in [6, 6.07) is 6.91. The molecule has 116 valence electrons. The van der Waals surface area contributed by atoms with Gasteiger partial charge in [-0.2, -0.15) is 0 Å². The summed E-state index contributed by atoms with van der Waals surface area (Å²) in [5.41, 5.74) is 1.98. The van der Waals surface area contributed by atoms with E-state index in [1.165, 1.54) is 7.11 Å². The average Bonchev–Trinajstić information content (AvgIpc) is 2.96. The largest absolute Gasteiger partial charge is 0.495 e. The van der Waals surface area contributed by atoms with Gasteiger partial charge in [-0.05, 0) is 30.7 Å². The number of hydrogen-bond donors (Lipinski definition) is 1. The first-order valence-corrected chi connectivity index (χ1v) is 7.17. The lowest BCUT2D eigenvalue weighted by atomic mass is 10.2. The second kappa shape index (κ2) is 7.13. The number of carbonyl (C=O) groups excluding carboxylic acids is 2. The summed E-state index contributed by atoms with van der Waals surface area (Å²) < 4.78 is 6.95. The Bertz CT molecular complexity index is 695. The Morgan fingerprint density at radius 3 is 2.91 bits per heavy atom. The lowest BCUT2D eigenvalue weighted by Gasteiger charge is -2.12. The molecule has 0 unspecified atom stereocenters. The number of aldehydes is 1. The van der Waals surface area contributed by atoms with Crippen LogP contribution in [0.4, 0.5) is 5.69 Å². The molecule has 2 rings (SSSR count). The van der Waals surface area contributed by atoms with Crippen molar-refractivity contribution in [1.29, 1.82) is 0 Å². The zero-order chi connectivity index (χ0) is 16.1. The van der Waals surface area contributed by atoms with Crippen LogP contribution < -0.4 is 10.1 Å². The molecule has 2 aromatic rings. The fourth-order valence-corrected chi connectivity index (χ4v) is 2.26. The molecule has 0 radical (unpaired) electrons. The molecule has 6 heteroatoms. The van der Waals surface area contributed by atoms with Gasteiger partial charge in [-0.1, -0.05) is 11.6 Å². The van der Waals surface area contributed by atoms with Gasteiger partial charge >= 0.3 is 0 Å². The first-order valence-electron chi connectivity index (χ1n) is 6.79. The van der Waals surface area contributed by atoms with Crippen LogP contribution in [0.2, 0.25) is 5.02 Å². The lowest BCUT2D eigenvalue weighted by Crippen LogP contribution is -2.15. The van der Waals surface area contributed by atoms with Gasteiger partial charge in [0.15, 0.2) is 6.29 Å². The number of nitrogens with one attached hydrogen (secondary N) is 1. The van der Waals surface area contributed by atoms with Crippen molar-refractivity contribution >= 4 is 29.5 Å². The highest BCUT2D eigenvalue weighted by Gasteiger charge is 2.11. The first-order chi connectivity index (χ1) is 10.5. The molecule has 0 aliphatic carbocycles. The number of methoxy groups -OCH3 is 1. The van der Waals surface area contributed by atoms with E-state index in [-0.39, 0.29) is 12.3 Å². The Morgan fingerprint density at radius 2 is 2.23 bits per heavy atom. The second-order valence-corrected chi connectivity index (χ2v) is 5.25. The van der Waals surface area contributed by atoms with Crippen molar-refractivity contribution in [3.63, 3.8) is 0 Å². The number of halogens is 1. The minimum Gasteiger partial charge on any atom is -0.495 e. The van der Waals surface area contributed by atoms with Gasteiger partial charge < -0.3 is 14.6 Å². The number of aromatic nitrogens is 1. The monoisotopic (exact) mass is 320 g/mol. The standard InChI is InChI=1S/C16H17ClN2O3/c1-11-8-14(15(22-2)9-13(11)17)18-16(21)5-7-19-6-3-4-12(19)10-20/h3-4,6,8-10H,5,7H2,1-2H3,(H,18,21). The van der Waals surface area contributed by atoms with Crippen LogP contribution in [-0.2, 0) is 11.3 Å². The van der Waals surface area contributed by atoms with Crippen molar-refractivity contribution in [2.24, 2.45) is 0 Å². The van der Waals surface area contributed by atoms with Crippen molar-refractivity contribution < 1.29 is 14.3 Å². The maximum atomic E-state index is 12.1. The van der Waals surface area contributed by atoms with E-state index < -0.39 is 0 Å². The van der Waals surface area contributed by atoms with Gasteiger partial charge in [-0.25, -0.2) is 0 Å². The highest BCUT2D eigenvalue weighted by molar-refractivity contribution is 6.31. The molecule has 0 aliphatic rings. The van der Waals surface area contributed by atoms with E-state index in [0.29, 0.717) is 28.7 Å². The van der Waals surface area contributed by atoms with E-state index in [1.54, 1.807) is 35.0 Å². The Labute approximate surface area is 133 Å². The van der Waals surface area contributed by atoms with Crippen LogP contribution in [0.25, 0.3) is 0 Å². The average molecular weight is 321 g/mol. The molecule has 0 spiro atoms. The highest BCUT2D eigenvalue weighted by Crippen LogP contribution is 2.30. The van der Waals surface area contributed by atoms with Crippen molar-refractivity contribution in [1.82, 2.24) is 4.57 Å². The lowest BCUT2D eigenvalue weighted by molar-refractivity contribution is -0.116. The third-order valence-corrected chi connectivity index (χ3v) is 3.73. The molecule has 5 nitrogen and oxygen atoms in total. The van der Waals surface area contributed by atoms with Crippen molar-refractivity contribution in [3.05, 3.63) is 46.7 Å². The van der Waals surface area contributed by atoms with Crippen LogP contribution in [0, 0.1) is 6.92 Å². The molecule has 1 N–H and O–H groups in total. The summed E-state index contributed by atoms with van der Waals surface area (Å²) in [4.78, 5) is 22.9. The Kier molecular flexibility index (Phi) is 5.22. The van der Waals surface area contributed by atoms with Gasteiger partial charge in [-0.3, -0.25) is 9.59 Å². The first kappa shape index (κ1) is 16.1. The molecular formula is C16H17ClN2O3. The van der Waals surface area contributed by atoms with Crippen LogP contribution in [-0.4, -0.2) is 23.9 Å². The number of rotatable bonds is 6. The van der Waals surface area contributed by atoms with Gasteiger partial charge in [0, 0.05) is 30.3 Å². The molecule has 0 fully saturated rings. The topological polar surface area (TPSA) is 60.3 Å². The molecule has 1 aromatic heterocycles. The van der Waals surface area contributed by atoms with Gasteiger partial charge in [0.25, 0.3) is 0 Å². The maximum Gasteiger partial charge on any atom is 0.226 e. The third-order valence-electron chi connectivity index (χ3n) is 3.32. The Hall–Kier alpha value is -2.27. The van der Waals surface area contributed by atoms with E-state index in [2.05, 4.69) is 5.32 Å². The van der Waals surface area contributed by atoms with Gasteiger partial charge in [0.2, 0.25) is 5.91 Å².